The monoisotopic (exact) mass is 371 g/mol. The molecule has 26 heavy (non-hydrogen) atoms. The molecule has 0 unspecified atom stereocenters. The first-order valence-electron chi connectivity index (χ1n) is 6.89. The Hall–Kier alpha value is -3.23. The van der Waals surface area contributed by atoms with Gasteiger partial charge in [0, 0.05) is 5.56 Å². The summed E-state index contributed by atoms with van der Waals surface area (Å²) in [5.41, 5.74) is -1.24. The number of ketones is 1. The third kappa shape index (κ3) is 4.05. The Kier molecular flexibility index (Phi) is 5.71. The summed E-state index contributed by atoms with van der Waals surface area (Å²) in [6.07, 6.45) is 1.11. The molecule has 136 valence electrons. The molecule has 0 aliphatic carbocycles. The quantitative estimate of drug-likeness (QED) is 0.257. The average molecular weight is 371 g/mol. The maximum Gasteiger partial charge on any atom is 0.200 e. The van der Waals surface area contributed by atoms with Crippen LogP contribution in [0.4, 0.5) is 22.0 Å². The van der Waals surface area contributed by atoms with Crippen LogP contribution in [0.2, 0.25) is 0 Å². The van der Waals surface area contributed by atoms with E-state index >= 15 is 0 Å². The van der Waals surface area contributed by atoms with Gasteiger partial charge in [0.25, 0.3) is 0 Å². The van der Waals surface area contributed by atoms with Gasteiger partial charge in [-0.25, -0.2) is 22.0 Å². The van der Waals surface area contributed by atoms with Gasteiger partial charge in [0.05, 0.1) is 11.5 Å². The second-order valence-electron chi connectivity index (χ2n) is 4.87. The molecule has 0 aliphatic rings. The number of carboxylic acid groups (broad SMARTS) is 1. The van der Waals surface area contributed by atoms with Gasteiger partial charge < -0.3 is 14.6 Å². The first-order chi connectivity index (χ1) is 12.2. The highest BCUT2D eigenvalue weighted by atomic mass is 19.2. The molecule has 0 aliphatic heterocycles. The van der Waals surface area contributed by atoms with Crippen LogP contribution in [-0.2, 0) is 4.79 Å². The average Bonchev–Trinajstić information content (AvgIpc) is 2.63. The molecule has 0 spiro atoms. The molecule has 0 heterocycles. The standard InChI is InChI=1S/C17H9F5O4/c18-13-10(14(19)16(21)17(22)15(13)20)5-6-11(23)8-1-3-9(4-2-8)26-7-12(24)25/h1-6H,7H2,(H,24,25)/p-1/b6-5+. The van der Waals surface area contributed by atoms with Crippen molar-refractivity contribution in [1.29, 1.82) is 0 Å². The number of carboxylic acids is 1. The summed E-state index contributed by atoms with van der Waals surface area (Å²) < 4.78 is 70.9. The van der Waals surface area contributed by atoms with Crippen molar-refractivity contribution in [2.24, 2.45) is 0 Å². The van der Waals surface area contributed by atoms with Crippen molar-refractivity contribution in [2.45, 2.75) is 0 Å². The van der Waals surface area contributed by atoms with E-state index in [-0.39, 0.29) is 11.3 Å². The second kappa shape index (κ2) is 7.77. The zero-order chi connectivity index (χ0) is 19.4. The van der Waals surface area contributed by atoms with Crippen molar-refractivity contribution in [2.75, 3.05) is 6.61 Å². The molecule has 2 aromatic rings. The van der Waals surface area contributed by atoms with Crippen molar-refractivity contribution in [3.05, 3.63) is 70.6 Å². The van der Waals surface area contributed by atoms with E-state index in [1.165, 1.54) is 24.3 Å². The molecule has 0 fully saturated rings. The Morgan fingerprint density at radius 3 is 1.88 bits per heavy atom. The van der Waals surface area contributed by atoms with Gasteiger partial charge in [-0.3, -0.25) is 4.79 Å². The largest absolute Gasteiger partial charge is 0.546 e. The number of hydrogen-bond donors (Lipinski definition) is 0. The van der Waals surface area contributed by atoms with E-state index in [1.807, 2.05) is 0 Å². The van der Waals surface area contributed by atoms with Gasteiger partial charge in [-0.1, -0.05) is 0 Å². The van der Waals surface area contributed by atoms with Gasteiger partial charge in [0.15, 0.2) is 29.1 Å². The highest BCUT2D eigenvalue weighted by molar-refractivity contribution is 6.06. The highest BCUT2D eigenvalue weighted by Gasteiger charge is 2.24. The molecular formula is C17H8F5O4-. The molecule has 4 nitrogen and oxygen atoms in total. The molecule has 0 saturated heterocycles. The minimum atomic E-state index is -2.30. The number of hydrogen-bond acceptors (Lipinski definition) is 4. The van der Waals surface area contributed by atoms with Gasteiger partial charge in [-0.2, -0.15) is 0 Å². The number of allylic oxidation sites excluding steroid dienone is 1. The smallest absolute Gasteiger partial charge is 0.200 e. The summed E-state index contributed by atoms with van der Waals surface area (Å²) >= 11 is 0. The number of halogens is 5. The minimum absolute atomic E-state index is 0.00548. The van der Waals surface area contributed by atoms with E-state index in [2.05, 4.69) is 0 Å². The van der Waals surface area contributed by atoms with Crippen LogP contribution < -0.4 is 9.84 Å². The van der Waals surface area contributed by atoms with E-state index in [1.54, 1.807) is 0 Å². The van der Waals surface area contributed by atoms with Gasteiger partial charge in [0.2, 0.25) is 5.82 Å². The molecule has 0 amide bonds. The third-order valence-corrected chi connectivity index (χ3v) is 3.14. The molecule has 0 atom stereocenters. The summed E-state index contributed by atoms with van der Waals surface area (Å²) in [5, 5.41) is 10.3. The normalized spacial score (nSPS) is 11.0. The zero-order valence-electron chi connectivity index (χ0n) is 12.7. The Bertz CT molecular complexity index is 862. The van der Waals surface area contributed by atoms with Crippen molar-refractivity contribution in [3.8, 4) is 5.75 Å². The van der Waals surface area contributed by atoms with Gasteiger partial charge in [-0.15, -0.1) is 0 Å². The molecule has 0 aromatic heterocycles. The lowest BCUT2D eigenvalue weighted by Crippen LogP contribution is -2.28. The van der Waals surface area contributed by atoms with Crippen molar-refractivity contribution in [1.82, 2.24) is 0 Å². The van der Waals surface area contributed by atoms with Gasteiger partial charge in [-0.05, 0) is 36.4 Å². The summed E-state index contributed by atoms with van der Waals surface area (Å²) in [6, 6.07) is 4.94. The fourth-order valence-corrected chi connectivity index (χ4v) is 1.88. The number of ether oxygens (including phenoxy) is 1. The van der Waals surface area contributed by atoms with Crippen LogP contribution in [0.1, 0.15) is 15.9 Å². The van der Waals surface area contributed by atoms with Crippen molar-refractivity contribution < 1.29 is 41.4 Å². The van der Waals surface area contributed by atoms with Crippen molar-refractivity contribution >= 4 is 17.8 Å². The molecule has 0 radical (unpaired) electrons. The molecule has 0 N–H and O–H groups in total. The Morgan fingerprint density at radius 2 is 1.38 bits per heavy atom. The Balaban J connectivity index is 2.21. The third-order valence-electron chi connectivity index (χ3n) is 3.14. The van der Waals surface area contributed by atoms with E-state index in [9.17, 15) is 36.6 Å². The first-order valence-corrected chi connectivity index (χ1v) is 6.89. The minimum Gasteiger partial charge on any atom is -0.546 e. The lowest BCUT2D eigenvalue weighted by Gasteiger charge is -2.06. The molecule has 2 rings (SSSR count). The molecule has 0 saturated carbocycles. The maximum absolute atomic E-state index is 13.5. The summed E-state index contributed by atoms with van der Waals surface area (Å²) in [4.78, 5) is 22.2. The lowest BCUT2D eigenvalue weighted by molar-refractivity contribution is -0.307. The van der Waals surface area contributed by atoms with E-state index in [4.69, 9.17) is 4.74 Å². The second-order valence-corrected chi connectivity index (χ2v) is 4.87. The number of carbonyl (C=O) groups is 2. The van der Waals surface area contributed by atoms with Crippen LogP contribution in [-0.4, -0.2) is 18.4 Å². The fourth-order valence-electron chi connectivity index (χ4n) is 1.88. The van der Waals surface area contributed by atoms with Gasteiger partial charge >= 0.3 is 0 Å². The summed E-state index contributed by atoms with van der Waals surface area (Å²) in [7, 11) is 0. The van der Waals surface area contributed by atoms with Gasteiger partial charge in [0.1, 0.15) is 12.4 Å². The first kappa shape index (κ1) is 19.1. The number of carbonyl (C=O) groups excluding carboxylic acids is 2. The van der Waals surface area contributed by atoms with Crippen molar-refractivity contribution in [3.63, 3.8) is 0 Å². The van der Waals surface area contributed by atoms with Crippen LogP contribution >= 0.6 is 0 Å². The maximum atomic E-state index is 13.5. The van der Waals surface area contributed by atoms with E-state index in [0.29, 0.717) is 12.2 Å². The summed E-state index contributed by atoms with van der Waals surface area (Å²) in [6.45, 7) is -0.701. The molecular weight excluding hydrogens is 363 g/mol. The summed E-state index contributed by atoms with van der Waals surface area (Å²) in [5.74, 6) is -12.8. The van der Waals surface area contributed by atoms with Crippen LogP contribution in [0.3, 0.4) is 0 Å². The van der Waals surface area contributed by atoms with E-state index in [0.717, 1.165) is 0 Å². The molecule has 2 aromatic carbocycles. The highest BCUT2D eigenvalue weighted by Crippen LogP contribution is 2.24. The number of aliphatic carboxylic acids is 1. The van der Waals surface area contributed by atoms with Crippen LogP contribution in [0.15, 0.2) is 30.3 Å². The predicted molar refractivity (Wildman–Crippen MR) is 76.5 cm³/mol. The van der Waals surface area contributed by atoms with Crippen LogP contribution in [0.25, 0.3) is 6.08 Å². The lowest BCUT2D eigenvalue weighted by atomic mass is 10.1. The molecule has 0 bridgehead atoms. The van der Waals surface area contributed by atoms with Crippen LogP contribution in [0.5, 0.6) is 5.75 Å². The number of rotatable bonds is 6. The Labute approximate surface area is 143 Å². The SMILES string of the molecule is O=C([O-])COc1ccc(C(=O)/C=C/c2c(F)c(F)c(F)c(F)c2F)cc1. The zero-order valence-corrected chi connectivity index (χ0v) is 12.7. The number of benzene rings is 2. The van der Waals surface area contributed by atoms with E-state index < -0.39 is 53.0 Å². The predicted octanol–water partition coefficient (Wildman–Crippen LogP) is 2.41. The van der Waals surface area contributed by atoms with Crippen LogP contribution in [0, 0.1) is 29.1 Å². The molecule has 9 heteroatoms. The Morgan fingerprint density at radius 1 is 0.885 bits per heavy atom. The fraction of sp³-hybridized carbons (Fsp3) is 0.0588. The topological polar surface area (TPSA) is 66.4 Å².